The van der Waals surface area contributed by atoms with Crippen molar-refractivity contribution >= 4 is 15.9 Å². The maximum absolute atomic E-state index is 3.54. The zero-order valence-electron chi connectivity index (χ0n) is 8.50. The van der Waals surface area contributed by atoms with Gasteiger partial charge in [0, 0.05) is 5.33 Å². The summed E-state index contributed by atoms with van der Waals surface area (Å²) in [6.45, 7) is 11.5. The van der Waals surface area contributed by atoms with Crippen LogP contribution in [0.1, 0.15) is 47.5 Å². The van der Waals surface area contributed by atoms with Gasteiger partial charge in [-0.1, -0.05) is 50.5 Å². The molecule has 0 spiro atoms. The zero-order chi connectivity index (χ0) is 9.12. The van der Waals surface area contributed by atoms with E-state index < -0.39 is 0 Å². The minimum absolute atomic E-state index is 0.466. The molecule has 0 radical (unpaired) electrons. The number of hydrogen-bond donors (Lipinski definition) is 0. The highest BCUT2D eigenvalue weighted by molar-refractivity contribution is 9.09. The minimum atomic E-state index is 0.466. The summed E-state index contributed by atoms with van der Waals surface area (Å²) in [4.78, 5) is 0. The number of hydrogen-bond acceptors (Lipinski definition) is 0. The molecular weight excluding hydrogens is 200 g/mol. The Bertz CT molecular complexity index is 109. The van der Waals surface area contributed by atoms with Crippen LogP contribution in [0.5, 0.6) is 0 Å². The van der Waals surface area contributed by atoms with Gasteiger partial charge in [-0.2, -0.15) is 0 Å². The van der Waals surface area contributed by atoms with Crippen LogP contribution in [0.2, 0.25) is 0 Å². The molecule has 0 aliphatic rings. The highest BCUT2D eigenvalue weighted by Gasteiger charge is 2.19. The van der Waals surface area contributed by atoms with Crippen molar-refractivity contribution < 1.29 is 0 Å². The average molecular weight is 221 g/mol. The van der Waals surface area contributed by atoms with Crippen LogP contribution < -0.4 is 0 Å². The molecule has 0 aliphatic carbocycles. The molecule has 0 rings (SSSR count). The Morgan fingerprint density at radius 1 is 0.909 bits per heavy atom. The molecule has 1 heteroatoms. The molecular formula is C10H21Br. The van der Waals surface area contributed by atoms with Crippen LogP contribution in [0.3, 0.4) is 0 Å². The fourth-order valence-electron chi connectivity index (χ4n) is 0.780. The lowest BCUT2D eigenvalue weighted by atomic mass is 9.81. The largest absolute Gasteiger partial charge is 0.0922 e. The molecule has 0 aromatic carbocycles. The lowest BCUT2D eigenvalue weighted by Gasteiger charge is -2.26. The second-order valence-electron chi connectivity index (χ2n) is 5.36. The van der Waals surface area contributed by atoms with Crippen LogP contribution in [-0.2, 0) is 0 Å². The zero-order valence-corrected chi connectivity index (χ0v) is 10.1. The molecule has 0 saturated heterocycles. The third kappa shape index (κ3) is 6.86. The van der Waals surface area contributed by atoms with Crippen molar-refractivity contribution in [2.75, 3.05) is 5.33 Å². The van der Waals surface area contributed by atoms with E-state index in [1.807, 2.05) is 0 Å². The Labute approximate surface area is 79.9 Å². The van der Waals surface area contributed by atoms with Gasteiger partial charge in [-0.05, 0) is 23.7 Å². The van der Waals surface area contributed by atoms with Crippen LogP contribution in [0.25, 0.3) is 0 Å². The average Bonchev–Trinajstić information content (AvgIpc) is 1.83. The third-order valence-electron chi connectivity index (χ3n) is 1.91. The highest BCUT2D eigenvalue weighted by atomic mass is 79.9. The van der Waals surface area contributed by atoms with Gasteiger partial charge in [-0.3, -0.25) is 0 Å². The number of halogens is 1. The summed E-state index contributed by atoms with van der Waals surface area (Å²) in [5.41, 5.74) is 0.951. The van der Waals surface area contributed by atoms with E-state index in [1.54, 1.807) is 0 Å². The number of alkyl halides is 1. The Morgan fingerprint density at radius 2 is 1.36 bits per heavy atom. The summed E-state index contributed by atoms with van der Waals surface area (Å²) >= 11 is 3.54. The first-order valence-corrected chi connectivity index (χ1v) is 5.45. The van der Waals surface area contributed by atoms with Crippen molar-refractivity contribution in [2.24, 2.45) is 10.8 Å². The molecule has 0 amide bonds. The molecule has 0 atom stereocenters. The summed E-state index contributed by atoms with van der Waals surface area (Å²) in [5.74, 6) is 0. The molecule has 11 heavy (non-hydrogen) atoms. The monoisotopic (exact) mass is 220 g/mol. The van der Waals surface area contributed by atoms with Crippen LogP contribution in [0.4, 0.5) is 0 Å². The van der Waals surface area contributed by atoms with E-state index in [4.69, 9.17) is 0 Å². The Kier molecular flexibility index (Phi) is 4.10. The lowest BCUT2D eigenvalue weighted by molar-refractivity contribution is 0.280. The van der Waals surface area contributed by atoms with Gasteiger partial charge in [0.25, 0.3) is 0 Å². The molecule has 0 aliphatic heterocycles. The predicted molar refractivity (Wildman–Crippen MR) is 56.3 cm³/mol. The Morgan fingerprint density at radius 3 is 1.64 bits per heavy atom. The first-order chi connectivity index (χ1) is 4.77. The first kappa shape index (κ1) is 11.5. The summed E-state index contributed by atoms with van der Waals surface area (Å²) in [5, 5.41) is 1.11. The third-order valence-corrected chi connectivity index (χ3v) is 3.43. The van der Waals surface area contributed by atoms with Gasteiger partial charge in [0.2, 0.25) is 0 Å². The van der Waals surface area contributed by atoms with E-state index in [1.165, 1.54) is 12.8 Å². The van der Waals surface area contributed by atoms with E-state index in [9.17, 15) is 0 Å². The summed E-state index contributed by atoms with van der Waals surface area (Å²) in [7, 11) is 0. The Balaban J connectivity index is 3.70. The molecule has 0 N–H and O–H groups in total. The summed E-state index contributed by atoms with van der Waals surface area (Å²) in [6, 6.07) is 0. The molecule has 0 heterocycles. The van der Waals surface area contributed by atoms with E-state index >= 15 is 0 Å². The van der Waals surface area contributed by atoms with Crippen molar-refractivity contribution in [2.45, 2.75) is 47.5 Å². The van der Waals surface area contributed by atoms with Gasteiger partial charge in [0.15, 0.2) is 0 Å². The van der Waals surface area contributed by atoms with Crippen LogP contribution >= 0.6 is 15.9 Å². The predicted octanol–water partition coefficient (Wildman–Crippen LogP) is 4.23. The second kappa shape index (κ2) is 3.93. The molecule has 0 aromatic rings. The van der Waals surface area contributed by atoms with E-state index in [0.29, 0.717) is 10.8 Å². The van der Waals surface area contributed by atoms with Crippen LogP contribution in [0, 0.1) is 10.8 Å². The topological polar surface area (TPSA) is 0 Å². The van der Waals surface area contributed by atoms with Gasteiger partial charge in [-0.25, -0.2) is 0 Å². The van der Waals surface area contributed by atoms with Crippen LogP contribution in [-0.4, -0.2) is 5.33 Å². The first-order valence-electron chi connectivity index (χ1n) is 4.33. The van der Waals surface area contributed by atoms with E-state index in [-0.39, 0.29) is 0 Å². The fraction of sp³-hybridized carbons (Fsp3) is 1.00. The van der Waals surface area contributed by atoms with Crippen molar-refractivity contribution in [3.8, 4) is 0 Å². The second-order valence-corrected chi connectivity index (χ2v) is 5.92. The lowest BCUT2D eigenvalue weighted by Crippen LogP contribution is -2.17. The maximum Gasteiger partial charge on any atom is 0.00826 e. The molecule has 0 saturated carbocycles. The highest BCUT2D eigenvalue weighted by Crippen LogP contribution is 2.31. The van der Waals surface area contributed by atoms with Gasteiger partial charge in [-0.15, -0.1) is 0 Å². The van der Waals surface area contributed by atoms with Crippen LogP contribution in [0.15, 0.2) is 0 Å². The fourth-order valence-corrected chi connectivity index (χ4v) is 1.06. The molecule has 0 aromatic heterocycles. The van der Waals surface area contributed by atoms with Crippen molar-refractivity contribution in [1.82, 2.24) is 0 Å². The standard InChI is InChI=1S/C10H21Br/c1-9(2,3)6-7-10(4,5)8-11/h6-8H2,1-5H3. The normalized spacial score (nSPS) is 13.6. The smallest absolute Gasteiger partial charge is 0.00826 e. The van der Waals surface area contributed by atoms with Crippen molar-refractivity contribution in [3.05, 3.63) is 0 Å². The van der Waals surface area contributed by atoms with Gasteiger partial charge in [0.1, 0.15) is 0 Å². The minimum Gasteiger partial charge on any atom is -0.0922 e. The molecule has 0 unspecified atom stereocenters. The maximum atomic E-state index is 3.54. The summed E-state index contributed by atoms with van der Waals surface area (Å²) < 4.78 is 0. The van der Waals surface area contributed by atoms with Gasteiger partial charge >= 0.3 is 0 Å². The van der Waals surface area contributed by atoms with Gasteiger partial charge in [0.05, 0.1) is 0 Å². The SMILES string of the molecule is CC(C)(C)CCC(C)(C)CBr. The van der Waals surface area contributed by atoms with Crippen molar-refractivity contribution in [3.63, 3.8) is 0 Å². The quantitative estimate of drug-likeness (QED) is 0.625. The van der Waals surface area contributed by atoms with Crippen molar-refractivity contribution in [1.29, 1.82) is 0 Å². The Hall–Kier alpha value is 0.480. The van der Waals surface area contributed by atoms with Gasteiger partial charge < -0.3 is 0 Å². The van der Waals surface area contributed by atoms with E-state index in [2.05, 4.69) is 50.5 Å². The number of rotatable bonds is 3. The summed E-state index contributed by atoms with van der Waals surface area (Å²) in [6.07, 6.45) is 2.62. The molecule has 0 nitrogen and oxygen atoms in total. The molecule has 0 bridgehead atoms. The molecule has 68 valence electrons. The molecule has 0 fully saturated rings. The van der Waals surface area contributed by atoms with E-state index in [0.717, 1.165) is 5.33 Å².